The van der Waals surface area contributed by atoms with E-state index in [1.807, 2.05) is 6.92 Å². The third-order valence-electron chi connectivity index (χ3n) is 4.29. The van der Waals surface area contributed by atoms with Gasteiger partial charge in [0.15, 0.2) is 9.84 Å². The van der Waals surface area contributed by atoms with Crippen LogP contribution in [-0.4, -0.2) is 34.2 Å². The Kier molecular flexibility index (Phi) is 8.28. The Morgan fingerprint density at radius 1 is 1.03 bits per heavy atom. The fourth-order valence-electron chi connectivity index (χ4n) is 2.75. The van der Waals surface area contributed by atoms with Gasteiger partial charge in [-0.15, -0.1) is 0 Å². The number of anilines is 2. The zero-order valence-corrected chi connectivity index (χ0v) is 19.2. The fourth-order valence-corrected chi connectivity index (χ4v) is 5.60. The SMILES string of the molecule is CCCCCS(=O)(=O)CC(=O)Nc1ccc(C)c(S(=O)(=O)Nc2ccccc2Cl)c1. The van der Waals surface area contributed by atoms with Gasteiger partial charge in [0.25, 0.3) is 10.0 Å². The molecule has 0 aliphatic carbocycles. The van der Waals surface area contributed by atoms with Crippen LogP contribution in [-0.2, 0) is 24.7 Å². The lowest BCUT2D eigenvalue weighted by atomic mass is 10.2. The number of sulfone groups is 1. The predicted octanol–water partition coefficient (Wildman–Crippen LogP) is 3.99. The number of benzene rings is 2. The van der Waals surface area contributed by atoms with Crippen LogP contribution in [0.15, 0.2) is 47.4 Å². The maximum atomic E-state index is 12.8. The highest BCUT2D eigenvalue weighted by atomic mass is 35.5. The van der Waals surface area contributed by atoms with E-state index in [1.54, 1.807) is 25.1 Å². The second-order valence-electron chi connectivity index (χ2n) is 6.91. The van der Waals surface area contributed by atoms with Crippen LogP contribution in [0.25, 0.3) is 0 Å². The lowest BCUT2D eigenvalue weighted by Crippen LogP contribution is -2.25. The first-order valence-corrected chi connectivity index (χ1v) is 13.1. The Hall–Kier alpha value is -2.10. The smallest absolute Gasteiger partial charge is 0.262 e. The lowest BCUT2D eigenvalue weighted by Gasteiger charge is -2.13. The van der Waals surface area contributed by atoms with Crippen molar-refractivity contribution in [2.45, 2.75) is 38.0 Å². The van der Waals surface area contributed by atoms with Crippen LogP contribution >= 0.6 is 11.6 Å². The molecule has 0 aliphatic heterocycles. The number of nitrogens with one attached hydrogen (secondary N) is 2. The molecule has 0 aromatic heterocycles. The number of halogens is 1. The maximum Gasteiger partial charge on any atom is 0.262 e. The van der Waals surface area contributed by atoms with Crippen LogP contribution in [0, 0.1) is 6.92 Å². The van der Waals surface area contributed by atoms with Gasteiger partial charge in [-0.2, -0.15) is 0 Å². The van der Waals surface area contributed by atoms with Crippen LogP contribution in [0.2, 0.25) is 5.02 Å². The van der Waals surface area contributed by atoms with Crippen molar-refractivity contribution < 1.29 is 21.6 Å². The molecule has 0 spiro atoms. The topological polar surface area (TPSA) is 109 Å². The molecular weight excluding hydrogens is 448 g/mol. The number of hydrogen-bond donors (Lipinski definition) is 2. The highest BCUT2D eigenvalue weighted by molar-refractivity contribution is 7.93. The summed E-state index contributed by atoms with van der Waals surface area (Å²) in [7, 11) is -7.50. The molecule has 0 atom stereocenters. The molecule has 0 radical (unpaired) electrons. The summed E-state index contributed by atoms with van der Waals surface area (Å²) >= 11 is 6.02. The minimum Gasteiger partial charge on any atom is -0.325 e. The van der Waals surface area contributed by atoms with Crippen molar-refractivity contribution in [1.82, 2.24) is 0 Å². The summed E-state index contributed by atoms with van der Waals surface area (Å²) in [4.78, 5) is 12.1. The van der Waals surface area contributed by atoms with Gasteiger partial charge in [0.05, 0.1) is 21.4 Å². The summed E-state index contributed by atoms with van der Waals surface area (Å²) in [6.45, 7) is 3.58. The normalized spacial score (nSPS) is 11.8. The highest BCUT2D eigenvalue weighted by Crippen LogP contribution is 2.26. The zero-order valence-electron chi connectivity index (χ0n) is 16.8. The van der Waals surface area contributed by atoms with Crippen LogP contribution < -0.4 is 10.0 Å². The third-order valence-corrected chi connectivity index (χ3v) is 7.74. The molecule has 0 fully saturated rings. The van der Waals surface area contributed by atoms with Gasteiger partial charge in [0.1, 0.15) is 5.75 Å². The molecule has 10 heteroatoms. The van der Waals surface area contributed by atoms with Crippen molar-refractivity contribution in [3.05, 3.63) is 53.1 Å². The minimum absolute atomic E-state index is 0.0500. The first-order chi connectivity index (χ1) is 14.0. The second-order valence-corrected chi connectivity index (χ2v) is 11.2. The average Bonchev–Trinajstić information content (AvgIpc) is 2.64. The van der Waals surface area contributed by atoms with Crippen LogP contribution in [0.5, 0.6) is 0 Å². The second kappa shape index (κ2) is 10.3. The monoisotopic (exact) mass is 472 g/mol. The number of hydrogen-bond acceptors (Lipinski definition) is 5. The lowest BCUT2D eigenvalue weighted by molar-refractivity contribution is -0.113. The number of carbonyl (C=O) groups excluding carboxylic acids is 1. The number of aryl methyl sites for hydroxylation is 1. The number of carbonyl (C=O) groups is 1. The average molecular weight is 473 g/mol. The summed E-state index contributed by atoms with van der Waals surface area (Å²) < 4.78 is 52.1. The molecule has 0 saturated heterocycles. The van der Waals surface area contributed by atoms with Crippen molar-refractivity contribution >= 4 is 48.7 Å². The Labute approximate surface area is 182 Å². The molecule has 0 unspecified atom stereocenters. The first-order valence-electron chi connectivity index (χ1n) is 9.42. The predicted molar refractivity (Wildman–Crippen MR) is 120 cm³/mol. The van der Waals surface area contributed by atoms with E-state index in [1.165, 1.54) is 24.3 Å². The van der Waals surface area contributed by atoms with Gasteiger partial charge in [0, 0.05) is 5.69 Å². The van der Waals surface area contributed by atoms with Crippen molar-refractivity contribution in [3.8, 4) is 0 Å². The first kappa shape index (κ1) is 24.2. The molecule has 164 valence electrons. The van der Waals surface area contributed by atoms with E-state index in [2.05, 4.69) is 10.0 Å². The van der Waals surface area contributed by atoms with E-state index in [0.717, 1.165) is 12.8 Å². The molecule has 2 N–H and O–H groups in total. The number of para-hydroxylation sites is 1. The standard InChI is InChI=1S/C20H25ClN2O5S2/c1-3-4-7-12-29(25,26)14-20(24)22-16-11-10-15(2)19(13-16)30(27,28)23-18-9-6-5-8-17(18)21/h5-6,8-11,13,23H,3-4,7,12,14H2,1-2H3,(H,22,24). The summed E-state index contributed by atoms with van der Waals surface area (Å²) in [5.41, 5.74) is 0.875. The molecule has 1 amide bonds. The van der Waals surface area contributed by atoms with Crippen molar-refractivity contribution in [2.24, 2.45) is 0 Å². The molecule has 0 saturated carbocycles. The highest BCUT2D eigenvalue weighted by Gasteiger charge is 2.21. The van der Waals surface area contributed by atoms with E-state index in [9.17, 15) is 21.6 Å². The Balaban J connectivity index is 2.16. The maximum absolute atomic E-state index is 12.8. The van der Waals surface area contributed by atoms with E-state index >= 15 is 0 Å². The summed E-state index contributed by atoms with van der Waals surface area (Å²) in [5, 5.41) is 2.71. The summed E-state index contributed by atoms with van der Waals surface area (Å²) in [6.07, 6.45) is 2.16. The number of unbranched alkanes of at least 4 members (excludes halogenated alkanes) is 2. The molecule has 30 heavy (non-hydrogen) atoms. The molecule has 2 aromatic rings. The minimum atomic E-state index is -3.98. The van der Waals surface area contributed by atoms with Gasteiger partial charge in [-0.25, -0.2) is 16.8 Å². The third kappa shape index (κ3) is 7.00. The number of amides is 1. The van der Waals surface area contributed by atoms with E-state index in [-0.39, 0.29) is 27.0 Å². The van der Waals surface area contributed by atoms with E-state index in [0.29, 0.717) is 12.0 Å². The van der Waals surface area contributed by atoms with E-state index in [4.69, 9.17) is 11.6 Å². The van der Waals surface area contributed by atoms with Gasteiger partial charge in [0.2, 0.25) is 5.91 Å². The van der Waals surface area contributed by atoms with Gasteiger partial charge in [-0.3, -0.25) is 9.52 Å². The largest absolute Gasteiger partial charge is 0.325 e. The van der Waals surface area contributed by atoms with Crippen molar-refractivity contribution in [2.75, 3.05) is 21.5 Å². The Bertz CT molecular complexity index is 1120. The van der Waals surface area contributed by atoms with Crippen LogP contribution in [0.4, 0.5) is 11.4 Å². The van der Waals surface area contributed by atoms with Crippen molar-refractivity contribution in [3.63, 3.8) is 0 Å². The van der Waals surface area contributed by atoms with Gasteiger partial charge in [-0.1, -0.05) is 49.6 Å². The van der Waals surface area contributed by atoms with Crippen LogP contribution in [0.1, 0.15) is 31.7 Å². The molecular formula is C20H25ClN2O5S2. The van der Waals surface area contributed by atoms with Crippen LogP contribution in [0.3, 0.4) is 0 Å². The Morgan fingerprint density at radius 3 is 2.40 bits per heavy atom. The summed E-state index contributed by atoms with van der Waals surface area (Å²) in [6, 6.07) is 10.8. The Morgan fingerprint density at radius 2 is 1.73 bits per heavy atom. The van der Waals surface area contributed by atoms with Gasteiger partial charge in [-0.05, 0) is 43.2 Å². The molecule has 2 rings (SSSR count). The molecule has 2 aromatic carbocycles. The molecule has 0 heterocycles. The number of rotatable bonds is 10. The van der Waals surface area contributed by atoms with Gasteiger partial charge >= 0.3 is 0 Å². The molecule has 7 nitrogen and oxygen atoms in total. The van der Waals surface area contributed by atoms with Gasteiger partial charge < -0.3 is 5.32 Å². The van der Waals surface area contributed by atoms with E-state index < -0.39 is 31.5 Å². The fraction of sp³-hybridized carbons (Fsp3) is 0.350. The zero-order chi connectivity index (χ0) is 22.4. The number of sulfonamides is 1. The molecule has 0 bridgehead atoms. The summed E-state index contributed by atoms with van der Waals surface area (Å²) in [5.74, 6) is -1.41. The molecule has 0 aliphatic rings. The quantitative estimate of drug-likeness (QED) is 0.508. The van der Waals surface area contributed by atoms with Crippen molar-refractivity contribution in [1.29, 1.82) is 0 Å².